The summed E-state index contributed by atoms with van der Waals surface area (Å²) >= 11 is 0. The van der Waals surface area contributed by atoms with Gasteiger partial charge in [-0.05, 0) is 56.6 Å². The first-order valence-electron chi connectivity index (χ1n) is 8.48. The number of aliphatic carboxylic acids is 1. The lowest BCUT2D eigenvalue weighted by Gasteiger charge is -2.37. The molecule has 1 unspecified atom stereocenters. The van der Waals surface area contributed by atoms with Crippen LogP contribution in [0.1, 0.15) is 36.8 Å². The number of carbonyl (C=O) groups is 1. The summed E-state index contributed by atoms with van der Waals surface area (Å²) in [5.41, 5.74) is 0.281. The third-order valence-electron chi connectivity index (χ3n) is 4.90. The quantitative estimate of drug-likeness (QED) is 0.848. The van der Waals surface area contributed by atoms with E-state index in [0.29, 0.717) is 0 Å². The number of carboxylic acids is 1. The van der Waals surface area contributed by atoms with Gasteiger partial charge in [0, 0.05) is 12.6 Å². The molecule has 0 amide bonds. The average Bonchev–Trinajstić information content (AvgIpc) is 2.54. The molecule has 140 valence electrons. The van der Waals surface area contributed by atoms with Gasteiger partial charge in [-0.15, -0.1) is 0 Å². The predicted octanol–water partition coefficient (Wildman–Crippen LogP) is 3.29. The van der Waals surface area contributed by atoms with Crippen molar-refractivity contribution in [2.75, 3.05) is 33.2 Å². The highest BCUT2D eigenvalue weighted by molar-refractivity contribution is 5.69. The summed E-state index contributed by atoms with van der Waals surface area (Å²) in [6.45, 7) is 4.61. The second-order valence-corrected chi connectivity index (χ2v) is 6.86. The number of likely N-dealkylation sites (tertiary alicyclic amines) is 1. The molecule has 1 aromatic rings. The lowest BCUT2D eigenvalue weighted by atomic mass is 9.97. The van der Waals surface area contributed by atoms with Gasteiger partial charge < -0.3 is 10.0 Å². The van der Waals surface area contributed by atoms with Gasteiger partial charge in [0.05, 0.1) is 12.1 Å². The molecule has 0 saturated carbocycles. The first-order valence-corrected chi connectivity index (χ1v) is 8.48. The maximum absolute atomic E-state index is 12.6. The van der Waals surface area contributed by atoms with Crippen molar-refractivity contribution in [1.29, 1.82) is 0 Å². The molecule has 1 N–H and O–H groups in total. The number of hydrogen-bond acceptors (Lipinski definition) is 3. The van der Waals surface area contributed by atoms with Crippen LogP contribution in [0.4, 0.5) is 13.2 Å². The van der Waals surface area contributed by atoms with Crippen molar-refractivity contribution >= 4 is 5.97 Å². The van der Waals surface area contributed by atoms with E-state index in [1.54, 1.807) is 12.1 Å². The first kappa shape index (κ1) is 19.7. The maximum atomic E-state index is 12.6. The molecule has 0 radical (unpaired) electrons. The molecule has 0 spiro atoms. The smallest absolute Gasteiger partial charge is 0.416 e. The minimum absolute atomic E-state index is 0.0482. The molecule has 2 rings (SSSR count). The van der Waals surface area contributed by atoms with Gasteiger partial charge in [-0.3, -0.25) is 9.69 Å². The van der Waals surface area contributed by atoms with E-state index in [4.69, 9.17) is 5.11 Å². The number of halogens is 3. The largest absolute Gasteiger partial charge is 0.480 e. The molecular weight excluding hydrogens is 333 g/mol. The number of nitrogens with zero attached hydrogens (tertiary/aromatic N) is 2. The number of carboxylic acid groups (broad SMARTS) is 1. The summed E-state index contributed by atoms with van der Waals surface area (Å²) in [5.74, 6) is -0.670. The fourth-order valence-corrected chi connectivity index (χ4v) is 3.38. The Morgan fingerprint density at radius 3 is 2.32 bits per heavy atom. The Kier molecular flexibility index (Phi) is 6.46. The molecule has 1 aromatic carbocycles. The Morgan fingerprint density at radius 2 is 1.84 bits per heavy atom. The van der Waals surface area contributed by atoms with Crippen LogP contribution in [0.25, 0.3) is 0 Å². The third kappa shape index (κ3) is 5.71. The van der Waals surface area contributed by atoms with Crippen molar-refractivity contribution in [2.24, 2.45) is 0 Å². The molecule has 0 aliphatic carbocycles. The number of piperidine rings is 1. The van der Waals surface area contributed by atoms with Crippen LogP contribution in [0.15, 0.2) is 24.3 Å². The van der Waals surface area contributed by atoms with Gasteiger partial charge in [0.25, 0.3) is 0 Å². The first-order chi connectivity index (χ1) is 11.7. The lowest BCUT2D eigenvalue weighted by Crippen LogP contribution is -2.45. The summed E-state index contributed by atoms with van der Waals surface area (Å²) in [6.07, 6.45) is -2.49. The minimum Gasteiger partial charge on any atom is -0.480 e. The Bertz CT molecular complexity index is 567. The molecule has 7 heteroatoms. The number of likely N-dealkylation sites (N-methyl/N-ethyl adjacent to an activating group) is 1. The van der Waals surface area contributed by atoms with Crippen LogP contribution in [0.3, 0.4) is 0 Å². The van der Waals surface area contributed by atoms with E-state index >= 15 is 0 Å². The van der Waals surface area contributed by atoms with Crippen molar-refractivity contribution in [3.63, 3.8) is 0 Å². The highest BCUT2D eigenvalue weighted by atomic mass is 19.4. The second kappa shape index (κ2) is 8.19. The van der Waals surface area contributed by atoms with Crippen molar-refractivity contribution in [2.45, 2.75) is 37.9 Å². The van der Waals surface area contributed by atoms with Gasteiger partial charge in [0.2, 0.25) is 0 Å². The van der Waals surface area contributed by atoms with E-state index in [2.05, 4.69) is 4.90 Å². The van der Waals surface area contributed by atoms with E-state index in [-0.39, 0.29) is 18.5 Å². The number of benzene rings is 1. The average molecular weight is 358 g/mol. The predicted molar refractivity (Wildman–Crippen MR) is 89.6 cm³/mol. The van der Waals surface area contributed by atoms with Crippen molar-refractivity contribution in [3.05, 3.63) is 35.4 Å². The maximum Gasteiger partial charge on any atom is 0.416 e. The van der Waals surface area contributed by atoms with Crippen LogP contribution in [-0.2, 0) is 11.0 Å². The summed E-state index contributed by atoms with van der Waals surface area (Å²) in [7, 11) is 1.83. The van der Waals surface area contributed by atoms with Gasteiger partial charge in [-0.2, -0.15) is 13.2 Å². The van der Waals surface area contributed by atoms with E-state index in [0.717, 1.165) is 50.2 Å². The monoisotopic (exact) mass is 358 g/mol. The molecule has 4 nitrogen and oxygen atoms in total. The number of hydrogen-bond donors (Lipinski definition) is 1. The Balaban J connectivity index is 1.84. The zero-order chi connectivity index (χ0) is 18.6. The number of alkyl halides is 3. The van der Waals surface area contributed by atoms with E-state index in [1.165, 1.54) is 0 Å². The Morgan fingerprint density at radius 1 is 1.28 bits per heavy atom. The summed E-state index contributed by atoms with van der Waals surface area (Å²) in [5, 5.41) is 8.86. The Hall–Kier alpha value is -1.60. The van der Waals surface area contributed by atoms with Crippen LogP contribution in [0.2, 0.25) is 0 Å². The van der Waals surface area contributed by atoms with Crippen LogP contribution in [0.5, 0.6) is 0 Å². The van der Waals surface area contributed by atoms with E-state index in [1.807, 2.05) is 18.9 Å². The van der Waals surface area contributed by atoms with E-state index < -0.39 is 17.7 Å². The van der Waals surface area contributed by atoms with Gasteiger partial charge in [-0.25, -0.2) is 0 Å². The fourth-order valence-electron chi connectivity index (χ4n) is 3.38. The molecule has 1 aliphatic rings. The lowest BCUT2D eigenvalue weighted by molar-refractivity contribution is -0.139. The van der Waals surface area contributed by atoms with Crippen molar-refractivity contribution < 1.29 is 23.1 Å². The normalized spacial score (nSPS) is 18.5. The van der Waals surface area contributed by atoms with Crippen molar-refractivity contribution in [1.82, 2.24) is 9.80 Å². The molecule has 1 fully saturated rings. The van der Waals surface area contributed by atoms with Crippen LogP contribution in [0, 0.1) is 0 Å². The molecule has 1 saturated heterocycles. The highest BCUT2D eigenvalue weighted by Crippen LogP contribution is 2.30. The third-order valence-corrected chi connectivity index (χ3v) is 4.90. The summed E-state index contributed by atoms with van der Waals surface area (Å²) in [6, 6.07) is 5.66. The molecule has 0 aromatic heterocycles. The molecular formula is C18H25F3N2O2. The summed E-state index contributed by atoms with van der Waals surface area (Å²) in [4.78, 5) is 15.0. The second-order valence-electron chi connectivity index (χ2n) is 6.86. The highest BCUT2D eigenvalue weighted by Gasteiger charge is 2.30. The molecule has 0 bridgehead atoms. The van der Waals surface area contributed by atoms with Crippen LogP contribution in [-0.4, -0.2) is 60.1 Å². The van der Waals surface area contributed by atoms with Crippen LogP contribution >= 0.6 is 0 Å². The summed E-state index contributed by atoms with van der Waals surface area (Å²) < 4.78 is 37.9. The van der Waals surface area contributed by atoms with Gasteiger partial charge >= 0.3 is 12.1 Å². The molecule has 1 aliphatic heterocycles. The van der Waals surface area contributed by atoms with Crippen molar-refractivity contribution in [3.8, 4) is 0 Å². The number of rotatable bonds is 6. The fraction of sp³-hybridized carbons (Fsp3) is 0.611. The molecule has 1 atom stereocenters. The minimum atomic E-state index is -4.30. The topological polar surface area (TPSA) is 43.8 Å². The van der Waals surface area contributed by atoms with Gasteiger partial charge in [-0.1, -0.05) is 19.1 Å². The SMILES string of the molecule is CC(CN1CCC(N(C)CC(=O)O)CC1)c1ccc(C(F)(F)F)cc1. The molecule has 1 heterocycles. The van der Waals surface area contributed by atoms with E-state index in [9.17, 15) is 18.0 Å². The standard InChI is InChI=1S/C18H25F3N2O2/c1-13(14-3-5-15(6-4-14)18(19,20)21)11-23-9-7-16(8-10-23)22(2)12-17(24)25/h3-6,13,16H,7-12H2,1-2H3,(H,24,25). The van der Waals surface area contributed by atoms with Gasteiger partial charge in [0.15, 0.2) is 0 Å². The van der Waals surface area contributed by atoms with Gasteiger partial charge in [0.1, 0.15) is 0 Å². The zero-order valence-corrected chi connectivity index (χ0v) is 14.6. The Labute approximate surface area is 146 Å². The zero-order valence-electron chi connectivity index (χ0n) is 14.6. The van der Waals surface area contributed by atoms with Crippen LogP contribution < -0.4 is 0 Å². The molecule has 25 heavy (non-hydrogen) atoms.